The maximum atomic E-state index is 13.2. The van der Waals surface area contributed by atoms with Gasteiger partial charge in [0.1, 0.15) is 0 Å². The first kappa shape index (κ1) is 17.5. The van der Waals surface area contributed by atoms with E-state index in [-0.39, 0.29) is 49.9 Å². The van der Waals surface area contributed by atoms with E-state index in [9.17, 15) is 19.2 Å². The Labute approximate surface area is 155 Å². The summed E-state index contributed by atoms with van der Waals surface area (Å²) in [6.45, 7) is 1.48. The van der Waals surface area contributed by atoms with Crippen molar-refractivity contribution >= 4 is 29.4 Å². The van der Waals surface area contributed by atoms with E-state index in [1.807, 2.05) is 0 Å². The molecule has 0 saturated carbocycles. The van der Waals surface area contributed by atoms with Crippen molar-refractivity contribution in [1.82, 2.24) is 15.5 Å². The van der Waals surface area contributed by atoms with Gasteiger partial charge in [-0.05, 0) is 12.1 Å². The molecular formula is C18H20N4O5. The maximum Gasteiger partial charge on any atom is 0.328 e. The monoisotopic (exact) mass is 372 g/mol. The van der Waals surface area contributed by atoms with Crippen molar-refractivity contribution in [2.75, 3.05) is 37.7 Å². The van der Waals surface area contributed by atoms with Gasteiger partial charge in [-0.2, -0.15) is 0 Å². The van der Waals surface area contributed by atoms with Gasteiger partial charge in [-0.15, -0.1) is 0 Å². The quantitative estimate of drug-likeness (QED) is 0.742. The van der Waals surface area contributed by atoms with Crippen molar-refractivity contribution in [2.45, 2.75) is 12.5 Å². The van der Waals surface area contributed by atoms with Crippen LogP contribution in [0.4, 0.5) is 10.5 Å². The molecule has 0 spiro atoms. The molecule has 0 aromatic heterocycles. The number of hydrogen-bond acceptors (Lipinski definition) is 5. The molecule has 0 unspecified atom stereocenters. The zero-order chi connectivity index (χ0) is 19.0. The van der Waals surface area contributed by atoms with E-state index in [2.05, 4.69) is 10.6 Å². The summed E-state index contributed by atoms with van der Waals surface area (Å²) < 4.78 is 5.49. The molecule has 3 aliphatic rings. The molecule has 3 saturated heterocycles. The molecule has 0 radical (unpaired) electrons. The average molecular weight is 372 g/mol. The van der Waals surface area contributed by atoms with Crippen LogP contribution in [-0.4, -0.2) is 67.5 Å². The minimum absolute atomic E-state index is 0.102. The molecule has 0 aliphatic carbocycles. The topological polar surface area (TPSA) is 108 Å². The third kappa shape index (κ3) is 3.37. The van der Waals surface area contributed by atoms with Crippen LogP contribution in [0.25, 0.3) is 0 Å². The fourth-order valence-electron chi connectivity index (χ4n) is 3.65. The fraction of sp³-hybridized carbons (Fsp3) is 0.444. The Balaban J connectivity index is 1.62. The normalized spacial score (nSPS) is 25.6. The Morgan fingerprint density at radius 1 is 1.11 bits per heavy atom. The summed E-state index contributed by atoms with van der Waals surface area (Å²) in [6, 6.07) is 6.03. The van der Waals surface area contributed by atoms with E-state index >= 15 is 0 Å². The molecule has 9 heteroatoms. The molecule has 9 nitrogen and oxygen atoms in total. The second kappa shape index (κ2) is 6.99. The number of nitrogens with zero attached hydrogens (tertiary/aromatic N) is 2. The number of hydrogen-bond donors (Lipinski definition) is 2. The first-order valence-corrected chi connectivity index (χ1v) is 8.90. The van der Waals surface area contributed by atoms with Crippen molar-refractivity contribution in [3.05, 3.63) is 29.8 Å². The SMILES string of the molecule is O=C1CCN(c2ccccc2C(=O)N2C[C@H]3COC[C@@H](C2)C(=O)N3)C(=O)N1. The molecule has 3 heterocycles. The lowest BCUT2D eigenvalue weighted by molar-refractivity contribution is -0.125. The first-order valence-electron chi connectivity index (χ1n) is 8.90. The molecule has 2 bridgehead atoms. The molecule has 4 rings (SSSR count). The number of fused-ring (bicyclic) bond motifs is 3. The summed E-state index contributed by atoms with van der Waals surface area (Å²) >= 11 is 0. The highest BCUT2D eigenvalue weighted by molar-refractivity contribution is 6.09. The van der Waals surface area contributed by atoms with Crippen molar-refractivity contribution in [2.24, 2.45) is 5.92 Å². The zero-order valence-electron chi connectivity index (χ0n) is 14.6. The number of rotatable bonds is 2. The molecule has 27 heavy (non-hydrogen) atoms. The van der Waals surface area contributed by atoms with Gasteiger partial charge in [0.25, 0.3) is 5.91 Å². The number of amides is 5. The number of carbonyl (C=O) groups excluding carboxylic acids is 4. The average Bonchev–Trinajstić information content (AvgIpc) is 2.90. The van der Waals surface area contributed by atoms with Gasteiger partial charge >= 0.3 is 6.03 Å². The minimum Gasteiger partial charge on any atom is -0.378 e. The largest absolute Gasteiger partial charge is 0.378 e. The van der Waals surface area contributed by atoms with Crippen LogP contribution >= 0.6 is 0 Å². The number of imide groups is 1. The molecular weight excluding hydrogens is 352 g/mol. The molecule has 1 aromatic rings. The second-order valence-electron chi connectivity index (χ2n) is 6.92. The van der Waals surface area contributed by atoms with E-state index in [1.54, 1.807) is 29.2 Å². The van der Waals surface area contributed by atoms with Crippen LogP contribution in [0.2, 0.25) is 0 Å². The predicted molar refractivity (Wildman–Crippen MR) is 94.1 cm³/mol. The van der Waals surface area contributed by atoms with E-state index in [0.717, 1.165) is 0 Å². The number of carbonyl (C=O) groups is 4. The number of benzene rings is 1. The Kier molecular flexibility index (Phi) is 4.53. The first-order chi connectivity index (χ1) is 13.0. The Morgan fingerprint density at radius 2 is 1.93 bits per heavy atom. The van der Waals surface area contributed by atoms with Crippen LogP contribution in [-0.2, 0) is 14.3 Å². The van der Waals surface area contributed by atoms with Crippen molar-refractivity contribution in [3.8, 4) is 0 Å². The van der Waals surface area contributed by atoms with E-state index in [1.165, 1.54) is 4.90 Å². The third-order valence-corrected chi connectivity index (χ3v) is 5.00. The number of nitrogens with one attached hydrogen (secondary N) is 2. The smallest absolute Gasteiger partial charge is 0.328 e. The molecule has 2 atom stereocenters. The molecule has 2 N–H and O–H groups in total. The lowest BCUT2D eigenvalue weighted by Crippen LogP contribution is -2.50. The molecule has 3 fully saturated rings. The van der Waals surface area contributed by atoms with E-state index in [4.69, 9.17) is 4.74 Å². The fourth-order valence-corrected chi connectivity index (χ4v) is 3.65. The summed E-state index contributed by atoms with van der Waals surface area (Å²) in [5, 5.41) is 5.17. The summed E-state index contributed by atoms with van der Waals surface area (Å²) in [6.07, 6.45) is 0.178. The number of urea groups is 1. The summed E-state index contributed by atoms with van der Waals surface area (Å²) in [4.78, 5) is 52.1. The van der Waals surface area contributed by atoms with E-state index in [0.29, 0.717) is 24.4 Å². The lowest BCUT2D eigenvalue weighted by Gasteiger charge is -2.31. The van der Waals surface area contributed by atoms with E-state index < -0.39 is 11.9 Å². The van der Waals surface area contributed by atoms with Crippen molar-refractivity contribution < 1.29 is 23.9 Å². The summed E-state index contributed by atoms with van der Waals surface area (Å²) in [7, 11) is 0. The van der Waals surface area contributed by atoms with Gasteiger partial charge in [0.05, 0.1) is 36.4 Å². The Bertz CT molecular complexity index is 811. The highest BCUT2D eigenvalue weighted by Gasteiger charge is 2.36. The molecule has 1 aromatic carbocycles. The van der Waals surface area contributed by atoms with Gasteiger partial charge < -0.3 is 15.0 Å². The number of anilines is 1. The summed E-state index contributed by atoms with van der Waals surface area (Å²) in [5.41, 5.74) is 0.827. The molecule has 3 aliphatic heterocycles. The van der Waals surface area contributed by atoms with Crippen LogP contribution in [0.5, 0.6) is 0 Å². The zero-order valence-corrected chi connectivity index (χ0v) is 14.6. The highest BCUT2D eigenvalue weighted by Crippen LogP contribution is 2.25. The van der Waals surface area contributed by atoms with Gasteiger partial charge in [0.2, 0.25) is 11.8 Å². The Hall–Kier alpha value is -2.94. The predicted octanol–water partition coefficient (Wildman–Crippen LogP) is -0.280. The number of para-hydroxylation sites is 1. The van der Waals surface area contributed by atoms with Gasteiger partial charge in [-0.1, -0.05) is 12.1 Å². The lowest BCUT2D eigenvalue weighted by atomic mass is 10.1. The van der Waals surface area contributed by atoms with Crippen molar-refractivity contribution in [3.63, 3.8) is 0 Å². The Morgan fingerprint density at radius 3 is 2.74 bits per heavy atom. The van der Waals surface area contributed by atoms with Gasteiger partial charge in [-0.3, -0.25) is 24.6 Å². The van der Waals surface area contributed by atoms with Crippen LogP contribution in [0.1, 0.15) is 16.8 Å². The van der Waals surface area contributed by atoms with Crippen LogP contribution < -0.4 is 15.5 Å². The second-order valence-corrected chi connectivity index (χ2v) is 6.92. The standard InChI is InChI=1S/C18H20N4O5/c23-15-5-6-22(18(26)20-15)14-4-2-1-3-13(14)17(25)21-7-11-9-27-10-12(8-21)19-16(11)24/h1-4,11-12H,5-10H2,(H,19,24)(H,20,23,26)/t11-,12+/m1/s1. The minimum atomic E-state index is -0.538. The van der Waals surface area contributed by atoms with Gasteiger partial charge in [-0.25, -0.2) is 4.79 Å². The third-order valence-electron chi connectivity index (χ3n) is 5.00. The van der Waals surface area contributed by atoms with Crippen molar-refractivity contribution in [1.29, 1.82) is 0 Å². The van der Waals surface area contributed by atoms with Gasteiger partial charge in [0.15, 0.2) is 0 Å². The molecule has 5 amide bonds. The van der Waals surface area contributed by atoms with Crippen LogP contribution in [0.3, 0.4) is 0 Å². The summed E-state index contributed by atoms with van der Waals surface area (Å²) in [5.74, 6) is -1.09. The number of ether oxygens (including phenoxy) is 1. The molecule has 142 valence electrons. The maximum absolute atomic E-state index is 13.2. The van der Waals surface area contributed by atoms with Gasteiger partial charge in [0, 0.05) is 26.1 Å². The van der Waals surface area contributed by atoms with Crippen LogP contribution in [0, 0.1) is 5.92 Å². The van der Waals surface area contributed by atoms with Crippen LogP contribution in [0.15, 0.2) is 24.3 Å². The highest BCUT2D eigenvalue weighted by atomic mass is 16.5.